The molecule has 4 nitrogen and oxygen atoms in total. The molecule has 1 rings (SSSR count). The molecule has 1 aromatic carbocycles. The quantitative estimate of drug-likeness (QED) is 0.814. The third kappa shape index (κ3) is 4.05. The summed E-state index contributed by atoms with van der Waals surface area (Å²) in [6, 6.07) is 5.14. The number of carboxylic acid groups (broad SMARTS) is 1. The molecule has 0 aliphatic heterocycles. The average molecular weight is 248 g/mol. The van der Waals surface area contributed by atoms with E-state index in [9.17, 15) is 9.59 Å². The summed E-state index contributed by atoms with van der Waals surface area (Å²) in [5.41, 5.74) is 1.74. The van der Waals surface area contributed by atoms with Crippen LogP contribution in [0.4, 0.5) is 0 Å². The van der Waals surface area contributed by atoms with Crippen molar-refractivity contribution in [2.45, 2.75) is 20.3 Å². The van der Waals surface area contributed by atoms with E-state index < -0.39 is 5.97 Å². The third-order valence-corrected chi connectivity index (χ3v) is 2.39. The maximum Gasteiger partial charge on any atom is 0.335 e. The van der Waals surface area contributed by atoms with Gasteiger partial charge >= 0.3 is 11.9 Å². The zero-order valence-corrected chi connectivity index (χ0v) is 10.5. The molecular formula is C14H16O4. The molecule has 0 heterocycles. The van der Waals surface area contributed by atoms with Gasteiger partial charge < -0.3 is 9.84 Å². The average Bonchev–Trinajstić information content (AvgIpc) is 2.31. The number of rotatable bonds is 5. The molecule has 0 unspecified atom stereocenters. The molecule has 0 bridgehead atoms. The van der Waals surface area contributed by atoms with Crippen LogP contribution in [0.5, 0.6) is 0 Å². The third-order valence-electron chi connectivity index (χ3n) is 2.39. The van der Waals surface area contributed by atoms with E-state index >= 15 is 0 Å². The van der Waals surface area contributed by atoms with Crippen molar-refractivity contribution < 1.29 is 19.4 Å². The first-order valence-corrected chi connectivity index (χ1v) is 5.70. The molecule has 0 radical (unpaired) electrons. The molecule has 18 heavy (non-hydrogen) atoms. The van der Waals surface area contributed by atoms with Gasteiger partial charge in [-0.05, 0) is 31.0 Å². The number of carbonyl (C=O) groups excluding carboxylic acids is 1. The molecule has 0 amide bonds. The van der Waals surface area contributed by atoms with E-state index in [2.05, 4.69) is 0 Å². The molecule has 96 valence electrons. The van der Waals surface area contributed by atoms with Gasteiger partial charge in [-0.1, -0.05) is 24.3 Å². The van der Waals surface area contributed by atoms with Crippen molar-refractivity contribution in [3.8, 4) is 0 Å². The van der Waals surface area contributed by atoms with Gasteiger partial charge in [0.2, 0.25) is 0 Å². The lowest BCUT2D eigenvalue weighted by Gasteiger charge is -2.02. The van der Waals surface area contributed by atoms with Gasteiger partial charge in [-0.15, -0.1) is 0 Å². The molecule has 1 aromatic rings. The zero-order chi connectivity index (χ0) is 13.5. The number of hydrogen-bond acceptors (Lipinski definition) is 3. The monoisotopic (exact) mass is 248 g/mol. The second-order valence-electron chi connectivity index (χ2n) is 3.79. The van der Waals surface area contributed by atoms with E-state index in [1.165, 1.54) is 0 Å². The summed E-state index contributed by atoms with van der Waals surface area (Å²) in [5.74, 6) is -1.24. The van der Waals surface area contributed by atoms with Gasteiger partial charge in [-0.2, -0.15) is 0 Å². The Kier molecular flexibility index (Phi) is 5.11. The molecule has 0 saturated heterocycles. The lowest BCUT2D eigenvalue weighted by atomic mass is 10.0. The van der Waals surface area contributed by atoms with Gasteiger partial charge in [-0.3, -0.25) is 4.79 Å². The molecule has 1 N–H and O–H groups in total. The minimum Gasteiger partial charge on any atom is -0.478 e. The van der Waals surface area contributed by atoms with Gasteiger partial charge in [0, 0.05) is 0 Å². The van der Waals surface area contributed by atoms with Gasteiger partial charge in [0.15, 0.2) is 0 Å². The van der Waals surface area contributed by atoms with Crippen LogP contribution in [0, 0.1) is 6.92 Å². The molecule has 0 aromatic heterocycles. The van der Waals surface area contributed by atoms with E-state index in [1.54, 1.807) is 38.1 Å². The largest absolute Gasteiger partial charge is 0.478 e. The SMILES string of the molecule is CCOC(=O)CC=Cc1ccc(C)c(C(=O)O)c1. The number of benzene rings is 1. The van der Waals surface area contributed by atoms with Gasteiger partial charge in [0.05, 0.1) is 18.6 Å². The second kappa shape index (κ2) is 6.59. The van der Waals surface area contributed by atoms with Gasteiger partial charge in [0.25, 0.3) is 0 Å². The zero-order valence-electron chi connectivity index (χ0n) is 10.5. The fraction of sp³-hybridized carbons (Fsp3) is 0.286. The molecular weight excluding hydrogens is 232 g/mol. The highest BCUT2D eigenvalue weighted by Crippen LogP contribution is 2.12. The molecule has 0 spiro atoms. The summed E-state index contributed by atoms with van der Waals surface area (Å²) in [5, 5.41) is 8.98. The van der Waals surface area contributed by atoms with E-state index in [-0.39, 0.29) is 18.0 Å². The van der Waals surface area contributed by atoms with Crippen LogP contribution in [0.1, 0.15) is 34.8 Å². The fourth-order valence-electron chi connectivity index (χ4n) is 1.48. The van der Waals surface area contributed by atoms with Crippen molar-refractivity contribution in [2.75, 3.05) is 6.61 Å². The maximum absolute atomic E-state index is 11.1. The maximum atomic E-state index is 11.1. The van der Waals surface area contributed by atoms with E-state index in [1.807, 2.05) is 6.07 Å². The first kappa shape index (κ1) is 14.0. The molecule has 0 aliphatic rings. The number of hydrogen-bond donors (Lipinski definition) is 1. The van der Waals surface area contributed by atoms with E-state index in [4.69, 9.17) is 9.84 Å². The number of aryl methyl sites for hydroxylation is 1. The Hall–Kier alpha value is -2.10. The van der Waals surface area contributed by atoms with Crippen molar-refractivity contribution in [1.29, 1.82) is 0 Å². The Bertz CT molecular complexity index is 475. The Morgan fingerprint density at radius 3 is 2.72 bits per heavy atom. The van der Waals surface area contributed by atoms with Crippen molar-refractivity contribution in [3.63, 3.8) is 0 Å². The van der Waals surface area contributed by atoms with Crippen LogP contribution in [-0.4, -0.2) is 23.7 Å². The summed E-state index contributed by atoms with van der Waals surface area (Å²) in [7, 11) is 0. The molecule has 0 aliphatic carbocycles. The van der Waals surface area contributed by atoms with Crippen LogP contribution in [0.2, 0.25) is 0 Å². The summed E-state index contributed by atoms with van der Waals surface area (Å²) >= 11 is 0. The minimum absolute atomic E-state index is 0.185. The lowest BCUT2D eigenvalue weighted by molar-refractivity contribution is -0.142. The van der Waals surface area contributed by atoms with Crippen LogP contribution in [0.3, 0.4) is 0 Å². The predicted molar refractivity (Wildman–Crippen MR) is 68.4 cm³/mol. The number of aromatic carboxylic acids is 1. The highest BCUT2D eigenvalue weighted by molar-refractivity contribution is 5.90. The minimum atomic E-state index is -0.951. The van der Waals surface area contributed by atoms with Crippen molar-refractivity contribution in [3.05, 3.63) is 41.0 Å². The highest BCUT2D eigenvalue weighted by Gasteiger charge is 2.06. The first-order chi connectivity index (χ1) is 8.54. The Balaban J connectivity index is 2.73. The van der Waals surface area contributed by atoms with Gasteiger partial charge in [-0.25, -0.2) is 4.79 Å². The Labute approximate surface area is 106 Å². The molecule has 0 saturated carbocycles. The molecule has 4 heteroatoms. The summed E-state index contributed by atoms with van der Waals surface area (Å²) in [6.07, 6.45) is 3.56. The fourth-order valence-corrected chi connectivity index (χ4v) is 1.48. The van der Waals surface area contributed by atoms with Crippen LogP contribution < -0.4 is 0 Å². The summed E-state index contributed by atoms with van der Waals surface area (Å²) < 4.78 is 4.78. The van der Waals surface area contributed by atoms with Crippen LogP contribution in [0.25, 0.3) is 6.08 Å². The molecule has 0 atom stereocenters. The summed E-state index contributed by atoms with van der Waals surface area (Å²) in [4.78, 5) is 22.0. The van der Waals surface area contributed by atoms with Gasteiger partial charge in [0.1, 0.15) is 0 Å². The number of carbonyl (C=O) groups is 2. The van der Waals surface area contributed by atoms with Crippen LogP contribution >= 0.6 is 0 Å². The van der Waals surface area contributed by atoms with Crippen molar-refractivity contribution >= 4 is 18.0 Å². The van der Waals surface area contributed by atoms with E-state index in [0.717, 1.165) is 5.56 Å². The number of esters is 1. The lowest BCUT2D eigenvalue weighted by Crippen LogP contribution is -2.01. The van der Waals surface area contributed by atoms with Crippen LogP contribution in [0.15, 0.2) is 24.3 Å². The number of ether oxygens (including phenoxy) is 1. The summed E-state index contributed by atoms with van der Waals surface area (Å²) in [6.45, 7) is 3.86. The first-order valence-electron chi connectivity index (χ1n) is 5.70. The normalized spacial score (nSPS) is 10.6. The Morgan fingerprint density at radius 2 is 2.11 bits per heavy atom. The topological polar surface area (TPSA) is 63.6 Å². The van der Waals surface area contributed by atoms with E-state index in [0.29, 0.717) is 12.2 Å². The second-order valence-corrected chi connectivity index (χ2v) is 3.79. The van der Waals surface area contributed by atoms with Crippen LogP contribution in [-0.2, 0) is 9.53 Å². The molecule has 0 fully saturated rings. The number of carboxylic acids is 1. The van der Waals surface area contributed by atoms with Crippen molar-refractivity contribution in [2.24, 2.45) is 0 Å². The smallest absolute Gasteiger partial charge is 0.335 e. The predicted octanol–water partition coefficient (Wildman–Crippen LogP) is 2.66. The van der Waals surface area contributed by atoms with Crippen molar-refractivity contribution in [1.82, 2.24) is 0 Å². The highest BCUT2D eigenvalue weighted by atomic mass is 16.5. The standard InChI is InChI=1S/C14H16O4/c1-3-18-13(15)6-4-5-11-8-7-10(2)12(9-11)14(16)17/h4-5,7-9H,3,6H2,1-2H3,(H,16,17). The Morgan fingerprint density at radius 1 is 1.39 bits per heavy atom.